The summed E-state index contributed by atoms with van der Waals surface area (Å²) in [5, 5.41) is -0.189. The second-order valence-corrected chi connectivity index (χ2v) is 11.3. The maximum absolute atomic E-state index is 15.1. The summed E-state index contributed by atoms with van der Waals surface area (Å²) in [5.41, 5.74) is 1.76. The fourth-order valence-electron chi connectivity index (χ4n) is 4.70. The average molecular weight is 494 g/mol. The molecule has 0 aromatic heterocycles. The Morgan fingerprint density at radius 3 is 2.45 bits per heavy atom. The quantitative estimate of drug-likeness (QED) is 0.640. The predicted molar refractivity (Wildman–Crippen MR) is 128 cm³/mol. The second-order valence-electron chi connectivity index (χ2n) is 8.83. The van der Waals surface area contributed by atoms with Gasteiger partial charge >= 0.3 is 0 Å². The SMILES string of the molecule is CC(=O)N1CCN(c2ccc(CN3[C@@H](C)CCC(c4cccc(Cl)c4)S3(=O)=O)c(F)c2)CC1. The number of hydrogen-bond acceptors (Lipinski definition) is 4. The van der Waals surface area contributed by atoms with Gasteiger partial charge in [0.15, 0.2) is 0 Å². The lowest BCUT2D eigenvalue weighted by Crippen LogP contribution is -2.48. The Kier molecular flexibility index (Phi) is 6.98. The summed E-state index contributed by atoms with van der Waals surface area (Å²) in [6.45, 7) is 5.89. The third-order valence-electron chi connectivity index (χ3n) is 6.70. The number of hydrogen-bond donors (Lipinski definition) is 0. The van der Waals surface area contributed by atoms with Crippen molar-refractivity contribution in [1.29, 1.82) is 0 Å². The smallest absolute Gasteiger partial charge is 0.221 e. The summed E-state index contributed by atoms with van der Waals surface area (Å²) in [6, 6.07) is 11.7. The fraction of sp³-hybridized carbons (Fsp3) is 0.458. The number of anilines is 1. The summed E-state index contributed by atoms with van der Waals surface area (Å²) < 4.78 is 43.5. The molecule has 9 heteroatoms. The van der Waals surface area contributed by atoms with E-state index in [1.165, 1.54) is 10.4 Å². The van der Waals surface area contributed by atoms with Crippen molar-refractivity contribution in [3.8, 4) is 0 Å². The minimum absolute atomic E-state index is 0.00913. The number of rotatable bonds is 4. The Balaban J connectivity index is 1.52. The van der Waals surface area contributed by atoms with E-state index >= 15 is 4.39 Å². The molecule has 2 aromatic rings. The summed E-state index contributed by atoms with van der Waals surface area (Å²) in [6.07, 6.45) is 1.20. The lowest BCUT2D eigenvalue weighted by Gasteiger charge is -2.38. The number of benzene rings is 2. The van der Waals surface area contributed by atoms with Crippen molar-refractivity contribution in [3.05, 3.63) is 64.4 Å². The Hall–Kier alpha value is -2.16. The molecule has 0 saturated carbocycles. The molecule has 2 aliphatic rings. The van der Waals surface area contributed by atoms with Gasteiger partial charge in [0, 0.05) is 62.0 Å². The zero-order chi connectivity index (χ0) is 23.8. The predicted octanol–water partition coefficient (Wildman–Crippen LogP) is 4.20. The molecule has 0 spiro atoms. The van der Waals surface area contributed by atoms with Crippen molar-refractivity contribution in [1.82, 2.24) is 9.21 Å². The van der Waals surface area contributed by atoms with E-state index in [1.54, 1.807) is 42.2 Å². The number of halogens is 2. The minimum atomic E-state index is -3.68. The first-order chi connectivity index (χ1) is 15.7. The first-order valence-electron chi connectivity index (χ1n) is 11.2. The third-order valence-corrected chi connectivity index (χ3v) is 9.30. The molecule has 1 amide bonds. The summed E-state index contributed by atoms with van der Waals surface area (Å²) in [5.74, 6) is -0.377. The van der Waals surface area contributed by atoms with E-state index in [4.69, 9.17) is 11.6 Å². The van der Waals surface area contributed by atoms with Crippen LogP contribution in [-0.2, 0) is 21.4 Å². The van der Waals surface area contributed by atoms with Crippen LogP contribution in [0.4, 0.5) is 10.1 Å². The highest BCUT2D eigenvalue weighted by atomic mass is 35.5. The highest BCUT2D eigenvalue weighted by molar-refractivity contribution is 7.89. The van der Waals surface area contributed by atoms with Gasteiger partial charge in [0.05, 0.1) is 0 Å². The van der Waals surface area contributed by atoms with Crippen molar-refractivity contribution in [3.63, 3.8) is 0 Å². The number of sulfonamides is 1. The van der Waals surface area contributed by atoms with Crippen LogP contribution in [0.1, 0.15) is 43.1 Å². The van der Waals surface area contributed by atoms with Gasteiger partial charge in [0.25, 0.3) is 0 Å². The minimum Gasteiger partial charge on any atom is -0.368 e. The highest BCUT2D eigenvalue weighted by Crippen LogP contribution is 2.39. The summed E-state index contributed by atoms with van der Waals surface area (Å²) in [7, 11) is -3.68. The average Bonchev–Trinajstić information content (AvgIpc) is 2.77. The zero-order valence-electron chi connectivity index (χ0n) is 18.9. The van der Waals surface area contributed by atoms with Crippen LogP contribution in [-0.4, -0.2) is 55.8 Å². The van der Waals surface area contributed by atoms with Gasteiger partial charge < -0.3 is 9.80 Å². The molecule has 0 N–H and O–H groups in total. The van der Waals surface area contributed by atoms with Gasteiger partial charge in [-0.05, 0) is 49.6 Å². The largest absolute Gasteiger partial charge is 0.368 e. The second kappa shape index (κ2) is 9.60. The van der Waals surface area contributed by atoms with E-state index in [2.05, 4.69) is 0 Å². The summed E-state index contributed by atoms with van der Waals surface area (Å²) >= 11 is 6.09. The van der Waals surface area contributed by atoms with Crippen LogP contribution in [0, 0.1) is 5.82 Å². The molecule has 0 radical (unpaired) electrons. The lowest BCUT2D eigenvalue weighted by atomic mass is 10.0. The van der Waals surface area contributed by atoms with Crippen molar-refractivity contribution in [2.75, 3.05) is 31.1 Å². The van der Waals surface area contributed by atoms with Crippen molar-refractivity contribution in [2.24, 2.45) is 0 Å². The highest BCUT2D eigenvalue weighted by Gasteiger charge is 2.40. The van der Waals surface area contributed by atoms with Crippen molar-refractivity contribution in [2.45, 2.75) is 44.5 Å². The van der Waals surface area contributed by atoms with Crippen LogP contribution in [0.3, 0.4) is 0 Å². The molecule has 1 unspecified atom stereocenters. The molecule has 2 atom stereocenters. The Bertz CT molecular complexity index is 1140. The molecule has 2 heterocycles. The van der Waals surface area contributed by atoms with Crippen LogP contribution in [0.2, 0.25) is 5.02 Å². The lowest BCUT2D eigenvalue weighted by molar-refractivity contribution is -0.129. The molecule has 4 rings (SSSR count). The molecule has 2 saturated heterocycles. The maximum atomic E-state index is 15.1. The van der Waals surface area contributed by atoms with Gasteiger partial charge in [-0.1, -0.05) is 29.8 Å². The molecule has 178 valence electrons. The van der Waals surface area contributed by atoms with Gasteiger partial charge in [0.2, 0.25) is 15.9 Å². The first kappa shape index (κ1) is 24.0. The van der Waals surface area contributed by atoms with Gasteiger partial charge in [0.1, 0.15) is 11.1 Å². The number of piperazine rings is 1. The topological polar surface area (TPSA) is 60.9 Å². The normalized spacial score (nSPS) is 23.5. The monoisotopic (exact) mass is 493 g/mol. The number of carbonyl (C=O) groups excluding carboxylic acids is 1. The van der Waals surface area contributed by atoms with Crippen molar-refractivity contribution >= 4 is 33.2 Å². The van der Waals surface area contributed by atoms with E-state index in [-0.39, 0.29) is 18.5 Å². The molecule has 0 aliphatic carbocycles. The molecule has 2 aromatic carbocycles. The third kappa shape index (κ3) is 5.03. The molecule has 6 nitrogen and oxygen atoms in total. The van der Waals surface area contributed by atoms with E-state index in [0.29, 0.717) is 55.2 Å². The van der Waals surface area contributed by atoms with Crippen molar-refractivity contribution < 1.29 is 17.6 Å². The number of nitrogens with zero attached hydrogens (tertiary/aromatic N) is 3. The fourth-order valence-corrected chi connectivity index (χ4v) is 7.08. The van der Waals surface area contributed by atoms with Gasteiger partial charge in [-0.15, -0.1) is 0 Å². The Labute approximate surface area is 200 Å². The van der Waals surface area contributed by atoms with E-state index < -0.39 is 21.1 Å². The van der Waals surface area contributed by atoms with Crippen LogP contribution in [0.15, 0.2) is 42.5 Å². The molecule has 2 aliphatic heterocycles. The number of carbonyl (C=O) groups is 1. The Morgan fingerprint density at radius 2 is 1.82 bits per heavy atom. The van der Waals surface area contributed by atoms with Crippen LogP contribution < -0.4 is 4.90 Å². The molecular formula is C24H29ClFN3O3S. The molecule has 33 heavy (non-hydrogen) atoms. The zero-order valence-corrected chi connectivity index (χ0v) is 20.4. The summed E-state index contributed by atoms with van der Waals surface area (Å²) in [4.78, 5) is 15.3. The first-order valence-corrected chi connectivity index (χ1v) is 13.1. The van der Waals surface area contributed by atoms with E-state index in [9.17, 15) is 13.2 Å². The van der Waals surface area contributed by atoms with E-state index in [0.717, 1.165) is 5.69 Å². The van der Waals surface area contributed by atoms with Crippen LogP contribution >= 0.6 is 11.6 Å². The molecule has 2 fully saturated rings. The maximum Gasteiger partial charge on any atom is 0.221 e. The molecular weight excluding hydrogens is 465 g/mol. The van der Waals surface area contributed by atoms with Gasteiger partial charge in [-0.2, -0.15) is 4.31 Å². The number of amides is 1. The van der Waals surface area contributed by atoms with E-state index in [1.807, 2.05) is 17.9 Å². The van der Waals surface area contributed by atoms with Gasteiger partial charge in [-0.25, -0.2) is 12.8 Å². The Morgan fingerprint density at radius 1 is 1.09 bits per heavy atom. The van der Waals surface area contributed by atoms with Crippen LogP contribution in [0.5, 0.6) is 0 Å². The van der Waals surface area contributed by atoms with Gasteiger partial charge in [-0.3, -0.25) is 4.79 Å². The standard InChI is InChI=1S/C24H29ClFN3O3S/c1-17-6-9-24(19-4-3-5-21(25)14-19)33(31,32)29(17)16-20-7-8-22(15-23(20)26)28-12-10-27(11-13-28)18(2)30/h3-5,7-8,14-15,17,24H,6,9-13,16H2,1-2H3/t17-,24?/m0/s1. The van der Waals surface area contributed by atoms with Crippen LogP contribution in [0.25, 0.3) is 0 Å². The molecule has 0 bridgehead atoms.